The lowest BCUT2D eigenvalue weighted by Crippen LogP contribution is -2.42. The van der Waals surface area contributed by atoms with Gasteiger partial charge >= 0.3 is 0 Å². The lowest BCUT2D eigenvalue weighted by atomic mass is 9.93. The molecule has 2 aromatic carbocycles. The van der Waals surface area contributed by atoms with Crippen molar-refractivity contribution in [3.05, 3.63) is 59.7 Å². The van der Waals surface area contributed by atoms with Gasteiger partial charge < -0.3 is 20.1 Å². The minimum Gasteiger partial charge on any atom is -0.497 e. The van der Waals surface area contributed by atoms with Crippen molar-refractivity contribution in [3.8, 4) is 11.5 Å². The van der Waals surface area contributed by atoms with E-state index >= 15 is 0 Å². The molecule has 0 radical (unpaired) electrons. The zero-order valence-electron chi connectivity index (χ0n) is 16.2. The second-order valence-corrected chi connectivity index (χ2v) is 6.99. The first-order chi connectivity index (χ1) is 12.8. The summed E-state index contributed by atoms with van der Waals surface area (Å²) in [6.45, 7) is 4.79. The van der Waals surface area contributed by atoms with Crippen LogP contribution in [-0.2, 0) is 0 Å². The van der Waals surface area contributed by atoms with E-state index in [4.69, 9.17) is 9.47 Å². The molecule has 0 saturated carbocycles. The maximum atomic E-state index is 12.3. The van der Waals surface area contributed by atoms with Gasteiger partial charge in [-0.05, 0) is 41.8 Å². The summed E-state index contributed by atoms with van der Waals surface area (Å²) in [6.07, 6.45) is 0. The zero-order chi connectivity index (χ0) is 19.9. The Labute approximate surface area is 159 Å². The number of nitrogens with one attached hydrogen (secondary N) is 2. The number of hydrogen-bond acceptors (Lipinski definition) is 4. The van der Waals surface area contributed by atoms with Crippen LogP contribution in [0.4, 0.5) is 0 Å². The molecule has 0 aliphatic heterocycles. The molecular formula is C21H26N2O4. The molecule has 0 unspecified atom stereocenters. The Balaban J connectivity index is 1.88. The standard InChI is InChI=1S/C21H26N2O4/c1-21(2,13-22-19(24)15-7-5-9-17(11-15)26-3)14-23-20(25)16-8-6-10-18(12-16)27-4/h5-12H,13-14H2,1-4H3,(H,22,24)(H,23,25). The summed E-state index contributed by atoms with van der Waals surface area (Å²) < 4.78 is 10.3. The molecule has 2 rings (SSSR count). The average molecular weight is 370 g/mol. The van der Waals surface area contributed by atoms with Gasteiger partial charge in [-0.2, -0.15) is 0 Å². The molecule has 2 amide bonds. The van der Waals surface area contributed by atoms with E-state index in [0.29, 0.717) is 35.7 Å². The molecule has 6 nitrogen and oxygen atoms in total. The number of benzene rings is 2. The predicted octanol–water partition coefficient (Wildman–Crippen LogP) is 2.89. The molecule has 6 heteroatoms. The second kappa shape index (κ2) is 9.07. The van der Waals surface area contributed by atoms with Crippen molar-refractivity contribution in [2.24, 2.45) is 5.41 Å². The van der Waals surface area contributed by atoms with E-state index in [2.05, 4.69) is 10.6 Å². The lowest BCUT2D eigenvalue weighted by Gasteiger charge is -2.25. The quantitative estimate of drug-likeness (QED) is 0.749. The van der Waals surface area contributed by atoms with E-state index < -0.39 is 0 Å². The van der Waals surface area contributed by atoms with E-state index in [1.165, 1.54) is 0 Å². The summed E-state index contributed by atoms with van der Waals surface area (Å²) in [6, 6.07) is 14.0. The Morgan fingerprint density at radius 1 is 0.815 bits per heavy atom. The maximum Gasteiger partial charge on any atom is 0.251 e. The number of hydrogen-bond donors (Lipinski definition) is 2. The molecule has 144 valence electrons. The van der Waals surface area contributed by atoms with Crippen molar-refractivity contribution >= 4 is 11.8 Å². The van der Waals surface area contributed by atoms with E-state index in [1.54, 1.807) is 62.8 Å². The summed E-state index contributed by atoms with van der Waals surface area (Å²) in [7, 11) is 3.12. The van der Waals surface area contributed by atoms with Crippen LogP contribution in [0.2, 0.25) is 0 Å². The van der Waals surface area contributed by atoms with Crippen molar-refractivity contribution in [1.29, 1.82) is 0 Å². The highest BCUT2D eigenvalue weighted by Gasteiger charge is 2.21. The number of carbonyl (C=O) groups excluding carboxylic acids is 2. The summed E-state index contributed by atoms with van der Waals surface area (Å²) in [5.41, 5.74) is 0.749. The van der Waals surface area contributed by atoms with Crippen LogP contribution < -0.4 is 20.1 Å². The van der Waals surface area contributed by atoms with Crippen LogP contribution in [0.5, 0.6) is 11.5 Å². The average Bonchev–Trinajstić information content (AvgIpc) is 2.70. The second-order valence-electron chi connectivity index (χ2n) is 6.99. The third-order valence-corrected chi connectivity index (χ3v) is 4.12. The van der Waals surface area contributed by atoms with Gasteiger partial charge in [-0.1, -0.05) is 26.0 Å². The first-order valence-electron chi connectivity index (χ1n) is 8.69. The summed E-state index contributed by atoms with van der Waals surface area (Å²) in [5.74, 6) is 0.905. The molecular weight excluding hydrogens is 344 g/mol. The van der Waals surface area contributed by atoms with Crippen molar-refractivity contribution in [3.63, 3.8) is 0 Å². The minimum absolute atomic E-state index is 0.180. The van der Waals surface area contributed by atoms with Crippen molar-refractivity contribution < 1.29 is 19.1 Å². The Morgan fingerprint density at radius 3 is 1.59 bits per heavy atom. The highest BCUT2D eigenvalue weighted by molar-refractivity contribution is 5.95. The van der Waals surface area contributed by atoms with E-state index in [1.807, 2.05) is 13.8 Å². The fourth-order valence-electron chi connectivity index (χ4n) is 2.43. The van der Waals surface area contributed by atoms with Crippen molar-refractivity contribution in [2.75, 3.05) is 27.3 Å². The van der Waals surface area contributed by atoms with Gasteiger partial charge in [0.1, 0.15) is 11.5 Å². The van der Waals surface area contributed by atoms with E-state index in [9.17, 15) is 9.59 Å². The largest absolute Gasteiger partial charge is 0.497 e. The summed E-state index contributed by atoms with van der Waals surface area (Å²) >= 11 is 0. The molecule has 27 heavy (non-hydrogen) atoms. The van der Waals surface area contributed by atoms with Crippen LogP contribution in [0.1, 0.15) is 34.6 Å². The first kappa shape index (κ1) is 20.3. The molecule has 0 saturated heterocycles. The van der Waals surface area contributed by atoms with Gasteiger partial charge in [-0.15, -0.1) is 0 Å². The van der Waals surface area contributed by atoms with Crippen LogP contribution in [0, 0.1) is 5.41 Å². The molecule has 0 aliphatic carbocycles. The normalized spacial score (nSPS) is 10.8. The molecule has 0 atom stereocenters. The summed E-state index contributed by atoms with van der Waals surface area (Å²) in [5, 5.41) is 5.81. The van der Waals surface area contributed by atoms with Gasteiger partial charge in [0.05, 0.1) is 14.2 Å². The monoisotopic (exact) mass is 370 g/mol. The molecule has 0 aromatic heterocycles. The zero-order valence-corrected chi connectivity index (χ0v) is 16.2. The van der Waals surface area contributed by atoms with E-state index in [-0.39, 0.29) is 17.2 Å². The smallest absolute Gasteiger partial charge is 0.251 e. The highest BCUT2D eigenvalue weighted by Crippen LogP contribution is 2.16. The minimum atomic E-state index is -0.316. The summed E-state index contributed by atoms with van der Waals surface area (Å²) in [4.78, 5) is 24.6. The van der Waals surface area contributed by atoms with Gasteiger partial charge in [0.2, 0.25) is 0 Å². The Hall–Kier alpha value is -3.02. The van der Waals surface area contributed by atoms with Gasteiger partial charge in [0, 0.05) is 24.2 Å². The molecule has 0 fully saturated rings. The fourth-order valence-corrected chi connectivity index (χ4v) is 2.43. The van der Waals surface area contributed by atoms with Crippen LogP contribution >= 0.6 is 0 Å². The molecule has 0 bridgehead atoms. The van der Waals surface area contributed by atoms with Crippen LogP contribution in [-0.4, -0.2) is 39.1 Å². The number of methoxy groups -OCH3 is 2. The Morgan fingerprint density at radius 2 is 1.22 bits per heavy atom. The van der Waals surface area contributed by atoms with Crippen LogP contribution in [0.3, 0.4) is 0 Å². The maximum absolute atomic E-state index is 12.3. The molecule has 2 N–H and O–H groups in total. The predicted molar refractivity (Wildman–Crippen MR) is 104 cm³/mol. The Kier molecular flexibility index (Phi) is 6.82. The van der Waals surface area contributed by atoms with Gasteiger partial charge in [0.25, 0.3) is 11.8 Å². The van der Waals surface area contributed by atoms with Gasteiger partial charge in [-0.3, -0.25) is 9.59 Å². The number of rotatable bonds is 8. The lowest BCUT2D eigenvalue weighted by molar-refractivity contribution is 0.0919. The molecule has 2 aromatic rings. The first-order valence-corrected chi connectivity index (χ1v) is 8.69. The fraction of sp³-hybridized carbons (Fsp3) is 0.333. The third-order valence-electron chi connectivity index (χ3n) is 4.12. The van der Waals surface area contributed by atoms with Crippen LogP contribution in [0.25, 0.3) is 0 Å². The molecule has 0 aliphatic rings. The number of amides is 2. The van der Waals surface area contributed by atoms with E-state index in [0.717, 1.165) is 0 Å². The number of ether oxygens (including phenoxy) is 2. The molecule has 0 heterocycles. The SMILES string of the molecule is COc1cccc(C(=O)NCC(C)(C)CNC(=O)c2cccc(OC)c2)c1. The molecule has 0 spiro atoms. The topological polar surface area (TPSA) is 76.7 Å². The number of carbonyl (C=O) groups is 2. The van der Waals surface area contributed by atoms with Gasteiger partial charge in [-0.25, -0.2) is 0 Å². The Bertz CT molecular complexity index is 737. The van der Waals surface area contributed by atoms with Crippen molar-refractivity contribution in [2.45, 2.75) is 13.8 Å². The third kappa shape index (κ3) is 6.02. The van der Waals surface area contributed by atoms with Crippen LogP contribution in [0.15, 0.2) is 48.5 Å². The van der Waals surface area contributed by atoms with Gasteiger partial charge in [0.15, 0.2) is 0 Å². The highest BCUT2D eigenvalue weighted by atomic mass is 16.5. The van der Waals surface area contributed by atoms with Crippen molar-refractivity contribution in [1.82, 2.24) is 10.6 Å².